The molecule has 0 amide bonds. The Hall–Kier alpha value is -3.34. The van der Waals surface area contributed by atoms with Gasteiger partial charge in [-0.2, -0.15) is 9.97 Å². The number of H-pyrrole nitrogens is 1. The van der Waals surface area contributed by atoms with E-state index in [1.807, 2.05) is 13.0 Å². The predicted octanol–water partition coefficient (Wildman–Crippen LogP) is 3.09. The summed E-state index contributed by atoms with van der Waals surface area (Å²) in [5.41, 5.74) is 3.21. The van der Waals surface area contributed by atoms with Crippen LogP contribution in [0.15, 0.2) is 24.4 Å². The number of aromatic nitrogens is 6. The average Bonchev–Trinajstić information content (AvgIpc) is 3.31. The maximum atomic E-state index is 12.8. The number of hydrogen-bond donors (Lipinski definition) is 2. The maximum absolute atomic E-state index is 12.8. The number of nitrogens with zero attached hydrogens (tertiary/aromatic N) is 5. The molecule has 0 aliphatic heterocycles. The zero-order valence-corrected chi connectivity index (χ0v) is 16.7. The summed E-state index contributed by atoms with van der Waals surface area (Å²) >= 11 is 0. The number of aromatic amines is 1. The molecule has 0 aliphatic carbocycles. The summed E-state index contributed by atoms with van der Waals surface area (Å²) < 4.78 is 37.5. The number of benzene rings is 1. The van der Waals surface area contributed by atoms with Crippen LogP contribution in [0.2, 0.25) is 0 Å². The van der Waals surface area contributed by atoms with Gasteiger partial charge in [0.05, 0.1) is 24.6 Å². The van der Waals surface area contributed by atoms with Crippen molar-refractivity contribution >= 4 is 28.0 Å². The zero-order valence-electron chi connectivity index (χ0n) is 16.7. The van der Waals surface area contributed by atoms with E-state index in [-0.39, 0.29) is 6.04 Å². The van der Waals surface area contributed by atoms with Gasteiger partial charge in [0, 0.05) is 24.9 Å². The number of anilines is 1. The van der Waals surface area contributed by atoms with E-state index < -0.39 is 13.0 Å². The summed E-state index contributed by atoms with van der Waals surface area (Å²) in [6.45, 7) is 1.93. The SMILES string of the molecule is COCC(C)Nc1nc(OC)c2c(-c3ccc4nnn(CC(F)F)c4c3)c[nH]c2n1. The number of alkyl halides is 2. The van der Waals surface area contributed by atoms with Gasteiger partial charge in [-0.25, -0.2) is 13.5 Å². The standard InChI is InChI=1S/C19H21F2N7O2/c1-10(9-29-2)23-19-24-17-16(18(25-19)30-3)12(7-22-17)11-4-5-13-14(6-11)28(27-26-13)8-15(20)21/h4-7,10,15H,8-9H2,1-3H3,(H2,22,23,24,25). The smallest absolute Gasteiger partial charge is 0.258 e. The molecule has 4 aromatic rings. The fourth-order valence-electron chi connectivity index (χ4n) is 3.35. The molecule has 4 rings (SSSR count). The van der Waals surface area contributed by atoms with Crippen LogP contribution in [0.5, 0.6) is 5.88 Å². The van der Waals surface area contributed by atoms with Gasteiger partial charge in [-0.15, -0.1) is 5.10 Å². The van der Waals surface area contributed by atoms with Gasteiger partial charge in [0.1, 0.15) is 17.7 Å². The first-order chi connectivity index (χ1) is 14.5. The molecule has 1 unspecified atom stereocenters. The Morgan fingerprint density at radius 3 is 2.80 bits per heavy atom. The lowest BCUT2D eigenvalue weighted by atomic mass is 10.1. The second-order valence-corrected chi connectivity index (χ2v) is 6.85. The summed E-state index contributed by atoms with van der Waals surface area (Å²) in [7, 11) is 3.16. The zero-order chi connectivity index (χ0) is 21.3. The lowest BCUT2D eigenvalue weighted by Gasteiger charge is -2.13. The molecule has 0 saturated heterocycles. The van der Waals surface area contributed by atoms with Crippen LogP contribution in [0, 0.1) is 0 Å². The molecule has 0 aliphatic rings. The molecule has 0 spiro atoms. The topological polar surface area (TPSA) is 103 Å². The Morgan fingerprint density at radius 2 is 2.07 bits per heavy atom. The number of ether oxygens (including phenoxy) is 2. The van der Waals surface area contributed by atoms with Crippen LogP contribution in [0.3, 0.4) is 0 Å². The lowest BCUT2D eigenvalue weighted by Crippen LogP contribution is -2.22. The normalized spacial score (nSPS) is 12.7. The van der Waals surface area contributed by atoms with E-state index >= 15 is 0 Å². The molecule has 1 atom stereocenters. The number of hydrogen-bond acceptors (Lipinski definition) is 7. The Labute approximate surface area is 170 Å². The highest BCUT2D eigenvalue weighted by Gasteiger charge is 2.18. The molecule has 0 bridgehead atoms. The molecule has 158 valence electrons. The van der Waals surface area contributed by atoms with Gasteiger partial charge < -0.3 is 19.8 Å². The molecule has 0 radical (unpaired) electrons. The summed E-state index contributed by atoms with van der Waals surface area (Å²) in [5.74, 6) is 0.801. The molecular weight excluding hydrogens is 396 g/mol. The molecule has 0 saturated carbocycles. The van der Waals surface area contributed by atoms with E-state index in [2.05, 4.69) is 30.6 Å². The highest BCUT2D eigenvalue weighted by Crippen LogP contribution is 2.35. The third-order valence-electron chi connectivity index (χ3n) is 4.62. The summed E-state index contributed by atoms with van der Waals surface area (Å²) in [5, 5.41) is 11.6. The highest BCUT2D eigenvalue weighted by molar-refractivity contribution is 5.99. The van der Waals surface area contributed by atoms with Gasteiger partial charge in [0.25, 0.3) is 6.43 Å². The van der Waals surface area contributed by atoms with E-state index in [1.165, 1.54) is 11.8 Å². The second kappa shape index (κ2) is 8.19. The minimum atomic E-state index is -2.52. The average molecular weight is 417 g/mol. The number of nitrogens with one attached hydrogen (secondary N) is 2. The number of methoxy groups -OCH3 is 2. The molecule has 1 aromatic carbocycles. The molecule has 3 aromatic heterocycles. The fraction of sp³-hybridized carbons (Fsp3) is 0.368. The third-order valence-corrected chi connectivity index (χ3v) is 4.62. The van der Waals surface area contributed by atoms with Crippen molar-refractivity contribution in [1.82, 2.24) is 29.9 Å². The first-order valence-electron chi connectivity index (χ1n) is 9.30. The van der Waals surface area contributed by atoms with Crippen molar-refractivity contribution in [2.24, 2.45) is 0 Å². The van der Waals surface area contributed by atoms with Gasteiger partial charge in [-0.1, -0.05) is 11.3 Å². The van der Waals surface area contributed by atoms with Crippen LogP contribution in [0.4, 0.5) is 14.7 Å². The van der Waals surface area contributed by atoms with Gasteiger partial charge in [-0.3, -0.25) is 0 Å². The number of fused-ring (bicyclic) bond motifs is 2. The first-order valence-corrected chi connectivity index (χ1v) is 9.30. The van der Waals surface area contributed by atoms with Crippen molar-refractivity contribution in [3.05, 3.63) is 24.4 Å². The lowest BCUT2D eigenvalue weighted by molar-refractivity contribution is 0.122. The summed E-state index contributed by atoms with van der Waals surface area (Å²) in [4.78, 5) is 12.1. The molecule has 9 nitrogen and oxygen atoms in total. The Balaban J connectivity index is 1.77. The summed E-state index contributed by atoms with van der Waals surface area (Å²) in [6, 6.07) is 5.37. The van der Waals surface area contributed by atoms with Crippen molar-refractivity contribution in [3.8, 4) is 17.0 Å². The third kappa shape index (κ3) is 3.75. The quantitative estimate of drug-likeness (QED) is 0.454. The summed E-state index contributed by atoms with van der Waals surface area (Å²) in [6.07, 6.45) is -0.737. The van der Waals surface area contributed by atoms with Crippen molar-refractivity contribution < 1.29 is 18.3 Å². The van der Waals surface area contributed by atoms with E-state index in [9.17, 15) is 8.78 Å². The van der Waals surface area contributed by atoms with Crippen LogP contribution < -0.4 is 10.1 Å². The molecule has 11 heteroatoms. The molecule has 3 heterocycles. The fourth-order valence-corrected chi connectivity index (χ4v) is 3.35. The van der Waals surface area contributed by atoms with Gasteiger partial charge in [0.15, 0.2) is 0 Å². The van der Waals surface area contributed by atoms with Crippen LogP contribution in [-0.2, 0) is 11.3 Å². The van der Waals surface area contributed by atoms with Crippen molar-refractivity contribution in [2.75, 3.05) is 26.1 Å². The van der Waals surface area contributed by atoms with Crippen molar-refractivity contribution in [2.45, 2.75) is 25.9 Å². The van der Waals surface area contributed by atoms with E-state index in [1.54, 1.807) is 25.4 Å². The predicted molar refractivity (Wildman–Crippen MR) is 108 cm³/mol. The number of halogens is 2. The number of rotatable bonds is 8. The Morgan fingerprint density at radius 1 is 1.23 bits per heavy atom. The van der Waals surface area contributed by atoms with Crippen molar-refractivity contribution in [1.29, 1.82) is 0 Å². The minimum absolute atomic E-state index is 0.0108. The largest absolute Gasteiger partial charge is 0.480 e. The second-order valence-electron chi connectivity index (χ2n) is 6.85. The van der Waals surface area contributed by atoms with Gasteiger partial charge in [-0.05, 0) is 24.6 Å². The first kappa shape index (κ1) is 20.0. The van der Waals surface area contributed by atoms with E-state index in [4.69, 9.17) is 9.47 Å². The van der Waals surface area contributed by atoms with E-state index in [0.717, 1.165) is 11.1 Å². The molecule has 2 N–H and O–H groups in total. The monoisotopic (exact) mass is 417 g/mol. The van der Waals surface area contributed by atoms with E-state index in [0.29, 0.717) is 40.5 Å². The Kier molecular flexibility index (Phi) is 5.44. The van der Waals surface area contributed by atoms with Gasteiger partial charge in [0.2, 0.25) is 11.8 Å². The van der Waals surface area contributed by atoms with Gasteiger partial charge >= 0.3 is 0 Å². The molecule has 0 fully saturated rings. The van der Waals surface area contributed by atoms with Crippen LogP contribution >= 0.6 is 0 Å². The Bertz CT molecular complexity index is 1170. The van der Waals surface area contributed by atoms with Crippen molar-refractivity contribution in [3.63, 3.8) is 0 Å². The molecule has 30 heavy (non-hydrogen) atoms. The minimum Gasteiger partial charge on any atom is -0.480 e. The van der Waals surface area contributed by atoms with Crippen LogP contribution in [-0.4, -0.2) is 63.2 Å². The van der Waals surface area contributed by atoms with Crippen LogP contribution in [0.1, 0.15) is 6.92 Å². The maximum Gasteiger partial charge on any atom is 0.258 e. The molecular formula is C19H21F2N7O2. The highest BCUT2D eigenvalue weighted by atomic mass is 19.3. The van der Waals surface area contributed by atoms with Crippen LogP contribution in [0.25, 0.3) is 33.2 Å².